The number of aliphatic hydroxyl groups excluding tert-OH is 1. The fourth-order valence-corrected chi connectivity index (χ4v) is 9.61. The summed E-state index contributed by atoms with van der Waals surface area (Å²) in [4.78, 5) is 52.8. The van der Waals surface area contributed by atoms with E-state index < -0.39 is 86.7 Å². The Morgan fingerprint density at radius 2 is 1.87 bits per heavy atom. The quantitative estimate of drug-likeness (QED) is 0.252. The third kappa shape index (κ3) is 5.62. The second kappa shape index (κ2) is 12.2. The number of rotatable bonds is 7. The number of ether oxygens (including phenoxy) is 2. The molecule has 3 fully saturated rings. The number of halogens is 3. The summed E-state index contributed by atoms with van der Waals surface area (Å²) < 4.78 is 63.5. The van der Waals surface area contributed by atoms with Gasteiger partial charge in [0.15, 0.2) is 18.0 Å². The lowest BCUT2D eigenvalue weighted by Crippen LogP contribution is -2.67. The molecule has 0 aliphatic heterocycles. The Hall–Kier alpha value is -3.46. The maximum absolute atomic E-state index is 17.6. The third-order valence-corrected chi connectivity index (χ3v) is 11.7. The van der Waals surface area contributed by atoms with E-state index in [4.69, 9.17) is 13.9 Å². The van der Waals surface area contributed by atoms with Crippen molar-refractivity contribution in [3.63, 3.8) is 0 Å². The predicted molar refractivity (Wildman–Crippen MR) is 166 cm³/mol. The highest BCUT2D eigenvalue weighted by Gasteiger charge is 2.77. The number of hydrogen-bond donors (Lipinski definition) is 1. The van der Waals surface area contributed by atoms with Gasteiger partial charge in [0.1, 0.15) is 23.3 Å². The van der Waals surface area contributed by atoms with Crippen LogP contribution >= 0.6 is 11.8 Å². The van der Waals surface area contributed by atoms with E-state index in [-0.39, 0.29) is 49.4 Å². The van der Waals surface area contributed by atoms with Crippen LogP contribution in [0.3, 0.4) is 0 Å². The molecule has 1 aromatic rings. The van der Waals surface area contributed by atoms with E-state index in [1.54, 1.807) is 13.8 Å². The lowest BCUT2D eigenvalue weighted by atomic mass is 9.44. The second-order valence-corrected chi connectivity index (χ2v) is 15.0. The van der Waals surface area contributed by atoms with Crippen molar-refractivity contribution in [2.75, 3.05) is 12.4 Å². The van der Waals surface area contributed by atoms with E-state index in [1.807, 2.05) is 0 Å². The minimum absolute atomic E-state index is 0.0437. The molecule has 0 aromatic carbocycles. The number of aliphatic hydroxyl groups is 1. The number of carbonyl (C=O) groups excluding carboxylic acids is 4. The number of furan rings is 1. The molecule has 3 saturated carbocycles. The van der Waals surface area contributed by atoms with Crippen molar-refractivity contribution in [2.45, 2.75) is 89.8 Å². The summed E-state index contributed by atoms with van der Waals surface area (Å²) in [7, 11) is 0. The van der Waals surface area contributed by atoms with Crippen LogP contribution < -0.4 is 0 Å². The number of thioether (sulfide) groups is 1. The van der Waals surface area contributed by atoms with Gasteiger partial charge in [-0.15, -0.1) is 0 Å². The van der Waals surface area contributed by atoms with Crippen LogP contribution in [0.1, 0.15) is 77.3 Å². The molecule has 254 valence electrons. The van der Waals surface area contributed by atoms with Crippen LogP contribution in [-0.4, -0.2) is 63.4 Å². The van der Waals surface area contributed by atoms with Gasteiger partial charge in [0.25, 0.3) is 0 Å². The number of fused-ring (bicyclic) bond motifs is 5. The Morgan fingerprint density at radius 3 is 2.53 bits per heavy atom. The van der Waals surface area contributed by atoms with Crippen molar-refractivity contribution in [3.8, 4) is 11.8 Å². The highest BCUT2D eigenvalue weighted by molar-refractivity contribution is 8.14. The van der Waals surface area contributed by atoms with E-state index in [0.29, 0.717) is 0 Å². The number of esters is 2. The molecule has 1 heterocycles. The SMILES string of the molecule is C[C@@H]1C[C@H]2[C@@H]3C[C@H](F)C4=CC(O)=CC(=O)[C@]4(C)[C@@]3(F)CC[C@]2(C)[C@@]1(OC(=O)c1ccco1)C(=O)SCC#CCOC(=O)CC(C)(C)F. The summed E-state index contributed by atoms with van der Waals surface area (Å²) in [5.41, 5.74) is -8.79. The molecule has 0 amide bonds. The molecule has 47 heavy (non-hydrogen) atoms. The Balaban J connectivity index is 1.44. The van der Waals surface area contributed by atoms with Gasteiger partial charge < -0.3 is 19.0 Å². The Kier molecular flexibility index (Phi) is 9.06. The van der Waals surface area contributed by atoms with Crippen molar-refractivity contribution in [3.05, 3.63) is 47.6 Å². The van der Waals surface area contributed by atoms with Crippen LogP contribution in [0.5, 0.6) is 0 Å². The van der Waals surface area contributed by atoms with Crippen LogP contribution in [0, 0.1) is 40.4 Å². The van der Waals surface area contributed by atoms with Crippen LogP contribution in [0.2, 0.25) is 0 Å². The topological polar surface area (TPSA) is 120 Å². The first-order valence-electron chi connectivity index (χ1n) is 15.6. The first kappa shape index (κ1) is 34.9. The molecule has 1 N–H and O–H groups in total. The standard InChI is InChI=1S/C35H39F3O8S/c1-20-15-22-23-18-25(36)24-16-21(39)17-27(40)33(24,5)34(23,38)11-10-32(22,4)35(20,46-29(42)26-9-8-13-44-26)30(43)47-14-7-6-12-45-28(41)19-31(2,3)37/h8-9,13,16-17,20,22-23,25,39H,10-12,14-15,18-19H2,1-5H3/t20-,22+,23+,25+,32+,33-,34-,35+/m1/s1. The summed E-state index contributed by atoms with van der Waals surface area (Å²) in [5, 5.41) is 9.55. The lowest BCUT2D eigenvalue weighted by Gasteiger charge is -2.61. The van der Waals surface area contributed by atoms with E-state index in [0.717, 1.165) is 23.9 Å². The molecule has 4 aliphatic carbocycles. The number of carbonyl (C=O) groups is 4. The van der Waals surface area contributed by atoms with Crippen molar-refractivity contribution in [2.24, 2.45) is 28.6 Å². The molecule has 0 spiro atoms. The molecule has 0 saturated heterocycles. The lowest BCUT2D eigenvalue weighted by molar-refractivity contribution is -0.187. The molecule has 8 atom stereocenters. The van der Waals surface area contributed by atoms with Crippen LogP contribution in [0.4, 0.5) is 13.2 Å². The molecular weight excluding hydrogens is 637 g/mol. The zero-order chi connectivity index (χ0) is 34.6. The summed E-state index contributed by atoms with van der Waals surface area (Å²) in [6.07, 6.45) is 1.01. The van der Waals surface area contributed by atoms with E-state index in [2.05, 4.69) is 11.8 Å². The van der Waals surface area contributed by atoms with Gasteiger partial charge in [-0.3, -0.25) is 14.4 Å². The van der Waals surface area contributed by atoms with Gasteiger partial charge in [0.05, 0.1) is 23.9 Å². The molecular formula is C35H39F3O8S. The molecule has 5 rings (SSSR count). The van der Waals surface area contributed by atoms with Crippen molar-refractivity contribution < 1.29 is 51.3 Å². The second-order valence-electron chi connectivity index (χ2n) is 14.1. The number of alkyl halides is 3. The monoisotopic (exact) mass is 676 g/mol. The number of allylic oxidation sites excluding steroid dienone is 3. The Bertz CT molecular complexity index is 1580. The van der Waals surface area contributed by atoms with Gasteiger partial charge in [0.2, 0.25) is 10.9 Å². The Labute approximate surface area is 275 Å². The van der Waals surface area contributed by atoms with Gasteiger partial charge in [-0.05, 0) is 76.2 Å². The summed E-state index contributed by atoms with van der Waals surface area (Å²) in [6, 6.07) is 2.90. The van der Waals surface area contributed by atoms with Gasteiger partial charge in [-0.25, -0.2) is 18.0 Å². The zero-order valence-corrected chi connectivity index (χ0v) is 27.8. The summed E-state index contributed by atoms with van der Waals surface area (Å²) in [6.45, 7) is 7.10. The average molecular weight is 677 g/mol. The number of ketones is 1. The normalized spacial score (nSPS) is 36.0. The minimum Gasteiger partial charge on any atom is -0.508 e. The minimum atomic E-state index is -2.18. The zero-order valence-electron chi connectivity index (χ0n) is 27.0. The van der Waals surface area contributed by atoms with Crippen LogP contribution in [0.25, 0.3) is 0 Å². The molecule has 0 bridgehead atoms. The first-order valence-corrected chi connectivity index (χ1v) is 16.6. The predicted octanol–water partition coefficient (Wildman–Crippen LogP) is 6.60. The fraction of sp³-hybridized carbons (Fsp3) is 0.600. The van der Waals surface area contributed by atoms with Gasteiger partial charge >= 0.3 is 11.9 Å². The molecule has 8 nitrogen and oxygen atoms in total. The van der Waals surface area contributed by atoms with E-state index >= 15 is 8.78 Å². The van der Waals surface area contributed by atoms with Crippen molar-refractivity contribution >= 4 is 34.6 Å². The maximum Gasteiger partial charge on any atom is 0.375 e. The Morgan fingerprint density at radius 1 is 1.15 bits per heavy atom. The van der Waals surface area contributed by atoms with E-state index in [9.17, 15) is 28.7 Å². The van der Waals surface area contributed by atoms with E-state index in [1.165, 1.54) is 39.2 Å². The molecule has 1 aromatic heterocycles. The third-order valence-electron chi connectivity index (χ3n) is 10.9. The van der Waals surface area contributed by atoms with Crippen LogP contribution in [-0.2, 0) is 23.9 Å². The molecule has 0 unspecified atom stereocenters. The number of hydrogen-bond acceptors (Lipinski definition) is 9. The van der Waals surface area contributed by atoms with Gasteiger partial charge in [-0.2, -0.15) is 0 Å². The highest BCUT2D eigenvalue weighted by Crippen LogP contribution is 2.72. The fourth-order valence-electron chi connectivity index (χ4n) is 8.61. The largest absolute Gasteiger partial charge is 0.508 e. The molecule has 0 radical (unpaired) electrons. The summed E-state index contributed by atoms with van der Waals surface area (Å²) >= 11 is 0.798. The average Bonchev–Trinajstić information content (AvgIpc) is 3.59. The van der Waals surface area contributed by atoms with Crippen molar-refractivity contribution in [1.82, 2.24) is 0 Å². The highest BCUT2D eigenvalue weighted by atomic mass is 32.2. The molecule has 4 aliphatic rings. The van der Waals surface area contributed by atoms with Gasteiger partial charge in [-0.1, -0.05) is 37.5 Å². The summed E-state index contributed by atoms with van der Waals surface area (Å²) in [5.74, 6) is 0.135. The maximum atomic E-state index is 17.6. The van der Waals surface area contributed by atoms with Crippen LogP contribution in [0.15, 0.2) is 46.3 Å². The van der Waals surface area contributed by atoms with Gasteiger partial charge in [0, 0.05) is 23.3 Å². The first-order chi connectivity index (χ1) is 21.9. The molecule has 12 heteroatoms. The van der Waals surface area contributed by atoms with Crippen molar-refractivity contribution in [1.29, 1.82) is 0 Å². The smallest absolute Gasteiger partial charge is 0.375 e.